The van der Waals surface area contributed by atoms with Gasteiger partial charge in [0.1, 0.15) is 23.5 Å². The number of hydrogen-bond acceptors (Lipinski definition) is 5. The average molecular weight is 548 g/mol. The highest BCUT2D eigenvalue weighted by Crippen LogP contribution is 2.29. The number of carbonyl (C=O) groups excluding carboxylic acids is 3. The Labute approximate surface area is 226 Å². The van der Waals surface area contributed by atoms with E-state index < -0.39 is 35.4 Å². The lowest BCUT2D eigenvalue weighted by Crippen LogP contribution is -2.46. The van der Waals surface area contributed by atoms with E-state index in [1.54, 1.807) is 30.5 Å². The molecular weight excluding hydrogens is 528 g/mol. The van der Waals surface area contributed by atoms with Gasteiger partial charge >= 0.3 is 0 Å². The molecule has 3 heterocycles. The second kappa shape index (κ2) is 11.0. The smallest absolute Gasteiger partial charge is 0.259 e. The highest BCUT2D eigenvalue weighted by Gasteiger charge is 2.36. The summed E-state index contributed by atoms with van der Waals surface area (Å²) < 4.78 is 28.1. The van der Waals surface area contributed by atoms with Crippen LogP contribution in [-0.4, -0.2) is 38.6 Å². The number of fused-ring (bicyclic) bond motifs is 1. The number of pyridine rings is 2. The van der Waals surface area contributed by atoms with Gasteiger partial charge in [0.2, 0.25) is 5.91 Å². The Kier molecular flexibility index (Phi) is 7.29. The first-order valence-electron chi connectivity index (χ1n) is 11.8. The maximum Gasteiger partial charge on any atom is 0.259 e. The summed E-state index contributed by atoms with van der Waals surface area (Å²) in [4.78, 5) is 48.9. The maximum atomic E-state index is 15.1. The molecule has 2 N–H and O–H groups in total. The lowest BCUT2D eigenvalue weighted by atomic mass is 10.0. The zero-order chi connectivity index (χ0) is 27.5. The standard InChI is InChI=1S/C28H20ClF2N5O3/c29-17-5-8-21-23(12-17)34-27(38)24(13-19-3-1-2-10-32-19)36(28(21)39)15-16-4-7-20(22(31)11-16)26(37)35-25-9-6-18(30)14-33-25/h1-12,14,24H,13,15H2,(H,34,38)(H,33,35,37). The van der Waals surface area contributed by atoms with Crippen LogP contribution in [0.5, 0.6) is 0 Å². The van der Waals surface area contributed by atoms with Gasteiger partial charge < -0.3 is 15.5 Å². The summed E-state index contributed by atoms with van der Waals surface area (Å²) in [6.07, 6.45) is 2.63. The minimum atomic E-state index is -0.964. The number of nitrogens with one attached hydrogen (secondary N) is 2. The quantitative estimate of drug-likeness (QED) is 0.358. The van der Waals surface area contributed by atoms with Crippen molar-refractivity contribution < 1.29 is 23.2 Å². The number of aromatic nitrogens is 2. The molecule has 1 atom stereocenters. The zero-order valence-corrected chi connectivity index (χ0v) is 21.0. The van der Waals surface area contributed by atoms with E-state index in [9.17, 15) is 18.8 Å². The fourth-order valence-corrected chi connectivity index (χ4v) is 4.41. The molecule has 5 rings (SSSR count). The summed E-state index contributed by atoms with van der Waals surface area (Å²) in [6, 6.07) is 15.1. The molecule has 0 saturated carbocycles. The zero-order valence-electron chi connectivity index (χ0n) is 20.2. The van der Waals surface area contributed by atoms with Crippen molar-refractivity contribution in [2.24, 2.45) is 0 Å². The first kappa shape index (κ1) is 25.9. The monoisotopic (exact) mass is 547 g/mol. The first-order valence-corrected chi connectivity index (χ1v) is 12.2. The number of nitrogens with zero attached hydrogens (tertiary/aromatic N) is 3. The van der Waals surface area contributed by atoms with Gasteiger partial charge in [-0.05, 0) is 60.2 Å². The van der Waals surface area contributed by atoms with Crippen LogP contribution < -0.4 is 10.6 Å². The van der Waals surface area contributed by atoms with Crippen molar-refractivity contribution in [3.05, 3.63) is 118 Å². The summed E-state index contributed by atoms with van der Waals surface area (Å²) in [5, 5.41) is 5.53. The van der Waals surface area contributed by atoms with E-state index in [0.29, 0.717) is 16.3 Å². The molecule has 1 aliphatic rings. The number of hydrogen-bond donors (Lipinski definition) is 2. The van der Waals surface area contributed by atoms with E-state index in [1.165, 1.54) is 35.2 Å². The Morgan fingerprint density at radius 3 is 2.59 bits per heavy atom. The van der Waals surface area contributed by atoms with E-state index in [2.05, 4.69) is 20.6 Å². The molecule has 1 aliphatic heterocycles. The Morgan fingerprint density at radius 1 is 1.03 bits per heavy atom. The molecule has 2 aromatic carbocycles. The predicted molar refractivity (Wildman–Crippen MR) is 140 cm³/mol. The van der Waals surface area contributed by atoms with Crippen molar-refractivity contribution in [3.63, 3.8) is 0 Å². The lowest BCUT2D eigenvalue weighted by molar-refractivity contribution is -0.120. The van der Waals surface area contributed by atoms with Gasteiger partial charge in [-0.15, -0.1) is 0 Å². The van der Waals surface area contributed by atoms with Crippen LogP contribution in [0.1, 0.15) is 32.0 Å². The molecule has 0 radical (unpaired) electrons. The van der Waals surface area contributed by atoms with E-state index in [-0.39, 0.29) is 35.6 Å². The van der Waals surface area contributed by atoms with Crippen molar-refractivity contribution in [3.8, 4) is 0 Å². The Balaban J connectivity index is 1.44. The number of benzene rings is 2. The third kappa shape index (κ3) is 5.75. The molecule has 0 fully saturated rings. The van der Waals surface area contributed by atoms with Gasteiger partial charge in [-0.3, -0.25) is 19.4 Å². The van der Waals surface area contributed by atoms with E-state index in [1.807, 2.05) is 0 Å². The van der Waals surface area contributed by atoms with Crippen LogP contribution >= 0.6 is 11.6 Å². The third-order valence-corrected chi connectivity index (χ3v) is 6.37. The minimum absolute atomic E-state index is 0.0576. The van der Waals surface area contributed by atoms with Crippen molar-refractivity contribution >= 4 is 40.8 Å². The van der Waals surface area contributed by atoms with Gasteiger partial charge in [-0.1, -0.05) is 23.7 Å². The largest absolute Gasteiger partial charge is 0.323 e. The number of amides is 3. The second-order valence-corrected chi connectivity index (χ2v) is 9.22. The Hall–Kier alpha value is -4.70. The van der Waals surface area contributed by atoms with Crippen LogP contribution in [-0.2, 0) is 17.8 Å². The van der Waals surface area contributed by atoms with Gasteiger partial charge in [0.25, 0.3) is 11.8 Å². The summed E-state index contributed by atoms with van der Waals surface area (Å²) in [6.45, 7) is -0.121. The first-order chi connectivity index (χ1) is 18.8. The maximum absolute atomic E-state index is 15.1. The highest BCUT2D eigenvalue weighted by molar-refractivity contribution is 6.31. The number of rotatable bonds is 6. The Morgan fingerprint density at radius 2 is 1.87 bits per heavy atom. The van der Waals surface area contributed by atoms with E-state index in [0.717, 1.165) is 18.3 Å². The minimum Gasteiger partial charge on any atom is -0.323 e. The molecule has 0 saturated heterocycles. The Bertz CT molecular complexity index is 1570. The molecule has 3 amide bonds. The topological polar surface area (TPSA) is 104 Å². The van der Waals surface area contributed by atoms with Crippen LogP contribution in [0.15, 0.2) is 79.1 Å². The van der Waals surface area contributed by atoms with Gasteiger partial charge in [0.05, 0.1) is 23.0 Å². The molecule has 0 spiro atoms. The van der Waals surface area contributed by atoms with E-state index in [4.69, 9.17) is 11.6 Å². The fourth-order valence-electron chi connectivity index (χ4n) is 4.23. The third-order valence-electron chi connectivity index (χ3n) is 6.14. The predicted octanol–water partition coefficient (Wildman–Crippen LogP) is 4.87. The van der Waals surface area contributed by atoms with Gasteiger partial charge in [-0.2, -0.15) is 0 Å². The van der Waals surface area contributed by atoms with Gasteiger partial charge in [0.15, 0.2) is 0 Å². The van der Waals surface area contributed by atoms with Crippen LogP contribution in [0.4, 0.5) is 20.3 Å². The fraction of sp³-hybridized carbons (Fsp3) is 0.107. The molecule has 8 nitrogen and oxygen atoms in total. The summed E-state index contributed by atoms with van der Waals surface area (Å²) in [5.74, 6) is -3.03. The molecule has 11 heteroatoms. The van der Waals surface area contributed by atoms with E-state index >= 15 is 4.39 Å². The van der Waals surface area contributed by atoms with Crippen LogP contribution in [0.3, 0.4) is 0 Å². The van der Waals surface area contributed by atoms with Crippen LogP contribution in [0, 0.1) is 11.6 Å². The van der Waals surface area contributed by atoms with Crippen molar-refractivity contribution in [2.75, 3.05) is 10.6 Å². The highest BCUT2D eigenvalue weighted by atomic mass is 35.5. The number of anilines is 2. The number of carbonyl (C=O) groups is 3. The van der Waals surface area contributed by atoms with Crippen LogP contribution in [0.2, 0.25) is 5.02 Å². The summed E-state index contributed by atoms with van der Waals surface area (Å²) >= 11 is 6.09. The lowest BCUT2D eigenvalue weighted by Gasteiger charge is -2.29. The molecular formula is C28H20ClF2N5O3. The average Bonchev–Trinajstić information content (AvgIpc) is 3.00. The molecule has 2 aromatic heterocycles. The summed E-state index contributed by atoms with van der Waals surface area (Å²) in [5.41, 5.74) is 1.19. The van der Waals surface area contributed by atoms with Crippen molar-refractivity contribution in [1.82, 2.24) is 14.9 Å². The molecule has 196 valence electrons. The van der Waals surface area contributed by atoms with Crippen molar-refractivity contribution in [2.45, 2.75) is 19.0 Å². The second-order valence-electron chi connectivity index (χ2n) is 8.78. The van der Waals surface area contributed by atoms with Gasteiger partial charge in [-0.25, -0.2) is 13.8 Å². The normalized spacial score (nSPS) is 14.8. The van der Waals surface area contributed by atoms with Gasteiger partial charge in [0, 0.05) is 29.9 Å². The van der Waals surface area contributed by atoms with Crippen molar-refractivity contribution in [1.29, 1.82) is 0 Å². The molecule has 39 heavy (non-hydrogen) atoms. The summed E-state index contributed by atoms with van der Waals surface area (Å²) in [7, 11) is 0. The SMILES string of the molecule is O=C(Nc1ccc(F)cn1)c1ccc(CN2C(=O)c3ccc(Cl)cc3NC(=O)C2Cc2ccccn2)cc1F. The molecule has 4 aromatic rings. The molecule has 0 bridgehead atoms. The number of halogens is 3. The van der Waals surface area contributed by atoms with Crippen LogP contribution in [0.25, 0.3) is 0 Å². The molecule has 1 unspecified atom stereocenters. The molecule has 0 aliphatic carbocycles.